The van der Waals surface area contributed by atoms with E-state index in [1.807, 2.05) is 0 Å². The minimum atomic E-state index is 0.932. The molecule has 170 valence electrons. The van der Waals surface area contributed by atoms with Crippen LogP contribution in [0, 0.1) is 27.7 Å². The van der Waals surface area contributed by atoms with Gasteiger partial charge in [-0.2, -0.15) is 0 Å². The first kappa shape index (κ1) is 19.8. The normalized spacial score (nSPS) is 12.4. The predicted molar refractivity (Wildman–Crippen MR) is 150 cm³/mol. The Labute approximate surface area is 207 Å². The van der Waals surface area contributed by atoms with E-state index in [1.165, 1.54) is 33.0 Å². The molecule has 0 spiro atoms. The summed E-state index contributed by atoms with van der Waals surface area (Å²) < 4.78 is 0. The Bertz CT molecular complexity index is 1930. The molecule has 2 aromatic heterocycles. The lowest BCUT2D eigenvalue weighted by Crippen LogP contribution is -1.97. The summed E-state index contributed by atoms with van der Waals surface area (Å²) >= 11 is 0. The summed E-state index contributed by atoms with van der Waals surface area (Å²) in [6, 6.07) is 21.5. The summed E-state index contributed by atoms with van der Waals surface area (Å²) in [5.74, 6) is 0. The first-order valence-corrected chi connectivity index (χ1v) is 12.3. The molecule has 0 saturated heterocycles. The van der Waals surface area contributed by atoms with Crippen LogP contribution in [0.5, 0.6) is 0 Å². The van der Waals surface area contributed by atoms with Gasteiger partial charge in [0.25, 0.3) is 0 Å². The number of aryl methyl sites for hydroxylation is 4. The lowest BCUT2D eigenvalue weighted by atomic mass is 9.91. The monoisotopic (exact) mass is 462 g/mol. The average Bonchev–Trinajstić information content (AvgIpc) is 2.88. The zero-order chi connectivity index (χ0) is 24.3. The van der Waals surface area contributed by atoms with Crippen molar-refractivity contribution in [1.82, 2.24) is 19.9 Å². The summed E-state index contributed by atoms with van der Waals surface area (Å²) in [5, 5.41) is 6.84. The van der Waals surface area contributed by atoms with E-state index in [9.17, 15) is 0 Å². The van der Waals surface area contributed by atoms with Gasteiger partial charge in [-0.1, -0.05) is 36.4 Å². The molecule has 0 saturated carbocycles. The highest BCUT2D eigenvalue weighted by atomic mass is 14.8. The van der Waals surface area contributed by atoms with Crippen molar-refractivity contribution < 1.29 is 0 Å². The zero-order valence-electron chi connectivity index (χ0n) is 20.6. The Hall–Kier alpha value is -4.44. The Morgan fingerprint density at radius 1 is 0.389 bits per heavy atom. The van der Waals surface area contributed by atoms with Crippen LogP contribution < -0.4 is 0 Å². The maximum absolute atomic E-state index is 5.18. The lowest BCUT2D eigenvalue weighted by Gasteiger charge is -2.16. The minimum absolute atomic E-state index is 0.932. The van der Waals surface area contributed by atoms with Crippen molar-refractivity contribution in [2.24, 2.45) is 0 Å². The van der Waals surface area contributed by atoms with Crippen LogP contribution in [-0.2, 0) is 0 Å². The van der Waals surface area contributed by atoms with Gasteiger partial charge in [0, 0.05) is 32.3 Å². The van der Waals surface area contributed by atoms with Crippen LogP contribution in [-0.4, -0.2) is 19.9 Å². The average molecular weight is 463 g/mol. The van der Waals surface area contributed by atoms with Gasteiger partial charge in [0.05, 0.1) is 44.1 Å². The van der Waals surface area contributed by atoms with Crippen LogP contribution in [0.3, 0.4) is 0 Å². The van der Waals surface area contributed by atoms with Gasteiger partial charge in [0.2, 0.25) is 0 Å². The summed E-state index contributed by atoms with van der Waals surface area (Å²) in [7, 11) is 0. The van der Waals surface area contributed by atoms with Gasteiger partial charge in [0.15, 0.2) is 0 Å². The maximum atomic E-state index is 5.18. The second-order valence-corrected chi connectivity index (χ2v) is 10.1. The SMILES string of the molecule is Cc1cc2nc3c4cccc5c6nc7cc(C)c(C)cc7nc6c6cccc(c3nc2cc1C)c6c45. The van der Waals surface area contributed by atoms with Crippen molar-refractivity contribution in [1.29, 1.82) is 0 Å². The molecule has 2 heterocycles. The molecule has 0 atom stereocenters. The smallest absolute Gasteiger partial charge is 0.0979 e. The van der Waals surface area contributed by atoms with E-state index in [0.29, 0.717) is 0 Å². The van der Waals surface area contributed by atoms with E-state index in [4.69, 9.17) is 19.9 Å². The first-order valence-electron chi connectivity index (χ1n) is 12.3. The van der Waals surface area contributed by atoms with Crippen LogP contribution in [0.25, 0.3) is 76.5 Å². The van der Waals surface area contributed by atoms with E-state index in [1.54, 1.807) is 0 Å². The number of nitrogens with zero attached hydrogens (tertiary/aromatic N) is 4. The van der Waals surface area contributed by atoms with Gasteiger partial charge in [-0.15, -0.1) is 0 Å². The summed E-state index contributed by atoms with van der Waals surface area (Å²) in [6.45, 7) is 8.52. The maximum Gasteiger partial charge on any atom is 0.0979 e. The largest absolute Gasteiger partial charge is 0.244 e. The van der Waals surface area contributed by atoms with Crippen molar-refractivity contribution >= 4 is 76.5 Å². The van der Waals surface area contributed by atoms with Gasteiger partial charge in [-0.05, 0) is 74.2 Å². The van der Waals surface area contributed by atoms with Gasteiger partial charge in [-0.25, -0.2) is 19.9 Å². The highest BCUT2D eigenvalue weighted by Crippen LogP contribution is 2.43. The van der Waals surface area contributed by atoms with E-state index in [0.717, 1.165) is 65.7 Å². The number of rotatable bonds is 0. The molecule has 4 nitrogen and oxygen atoms in total. The first-order chi connectivity index (χ1) is 17.5. The zero-order valence-corrected chi connectivity index (χ0v) is 20.6. The van der Waals surface area contributed by atoms with Crippen molar-refractivity contribution in [3.8, 4) is 0 Å². The number of hydrogen-bond donors (Lipinski definition) is 0. The Morgan fingerprint density at radius 3 is 0.889 bits per heavy atom. The summed E-state index contributed by atoms with van der Waals surface area (Å²) in [5.41, 5.74) is 12.4. The summed E-state index contributed by atoms with van der Waals surface area (Å²) in [4.78, 5) is 20.7. The third-order valence-corrected chi connectivity index (χ3v) is 7.96. The van der Waals surface area contributed by atoms with Crippen molar-refractivity contribution in [2.45, 2.75) is 27.7 Å². The second-order valence-electron chi connectivity index (χ2n) is 10.1. The molecular formula is C32H22N4. The third-order valence-electron chi connectivity index (χ3n) is 7.96. The molecule has 0 amide bonds. The Kier molecular flexibility index (Phi) is 3.64. The molecule has 0 aliphatic heterocycles. The van der Waals surface area contributed by atoms with Crippen molar-refractivity contribution in [3.05, 3.63) is 82.9 Å². The van der Waals surface area contributed by atoms with E-state index < -0.39 is 0 Å². The molecule has 0 aliphatic rings. The highest BCUT2D eigenvalue weighted by molar-refractivity contribution is 6.38. The number of hydrogen-bond acceptors (Lipinski definition) is 4. The van der Waals surface area contributed by atoms with Gasteiger partial charge in [-0.3, -0.25) is 0 Å². The number of fused-ring (bicyclic) bond motifs is 8. The molecule has 0 aliphatic carbocycles. The molecular weight excluding hydrogens is 440 g/mol. The molecule has 0 bridgehead atoms. The summed E-state index contributed by atoms with van der Waals surface area (Å²) in [6.07, 6.45) is 0. The molecule has 36 heavy (non-hydrogen) atoms. The second kappa shape index (κ2) is 6.61. The molecule has 0 N–H and O–H groups in total. The van der Waals surface area contributed by atoms with Crippen LogP contribution in [0.1, 0.15) is 22.3 Å². The van der Waals surface area contributed by atoms with Crippen LogP contribution in [0.2, 0.25) is 0 Å². The number of benzene rings is 6. The molecule has 0 unspecified atom stereocenters. The predicted octanol–water partition coefficient (Wildman–Crippen LogP) is 8.01. The quantitative estimate of drug-likeness (QED) is 0.169. The Balaban J connectivity index is 1.67. The van der Waals surface area contributed by atoms with Crippen LogP contribution in [0.15, 0.2) is 60.7 Å². The lowest BCUT2D eigenvalue weighted by molar-refractivity contribution is 1.32. The third kappa shape index (κ3) is 2.43. The van der Waals surface area contributed by atoms with Crippen molar-refractivity contribution in [3.63, 3.8) is 0 Å². The fourth-order valence-electron chi connectivity index (χ4n) is 5.81. The van der Waals surface area contributed by atoms with Gasteiger partial charge >= 0.3 is 0 Å². The molecule has 4 heteroatoms. The van der Waals surface area contributed by atoms with Crippen LogP contribution >= 0.6 is 0 Å². The van der Waals surface area contributed by atoms with E-state index in [-0.39, 0.29) is 0 Å². The molecule has 8 rings (SSSR count). The molecule has 6 aromatic carbocycles. The Morgan fingerprint density at radius 2 is 0.639 bits per heavy atom. The van der Waals surface area contributed by atoms with E-state index >= 15 is 0 Å². The van der Waals surface area contributed by atoms with Gasteiger partial charge in [0.1, 0.15) is 0 Å². The fourth-order valence-corrected chi connectivity index (χ4v) is 5.81. The topological polar surface area (TPSA) is 51.6 Å². The van der Waals surface area contributed by atoms with Crippen LogP contribution in [0.4, 0.5) is 0 Å². The van der Waals surface area contributed by atoms with Crippen molar-refractivity contribution in [2.75, 3.05) is 0 Å². The fraction of sp³-hybridized carbons (Fsp3) is 0.125. The molecule has 8 aromatic rings. The van der Waals surface area contributed by atoms with E-state index in [2.05, 4.69) is 88.4 Å². The van der Waals surface area contributed by atoms with Gasteiger partial charge < -0.3 is 0 Å². The highest BCUT2D eigenvalue weighted by Gasteiger charge is 2.20. The minimum Gasteiger partial charge on any atom is -0.244 e. The molecule has 0 radical (unpaired) electrons. The standard InChI is InChI=1S/C32H22N4/c1-15-11-23-24(12-16(15)2)34-30-20-8-6-10-22-28(20)27-19(29(30)33-23)7-5-9-21(27)31-32(22)36-26-14-18(4)17(3)13-25(26)35-31/h5-14H,1-4H3. The number of aromatic nitrogens is 4. The molecule has 0 fully saturated rings.